The molecule has 3 nitrogen and oxygen atoms in total. The lowest BCUT2D eigenvalue weighted by Crippen LogP contribution is -2.41. The summed E-state index contributed by atoms with van der Waals surface area (Å²) in [5.41, 5.74) is 0.851. The molecule has 1 fully saturated rings. The minimum Gasteiger partial charge on any atom is -0.339 e. The molecule has 1 aromatic rings. The van der Waals surface area contributed by atoms with E-state index in [0.717, 1.165) is 25.9 Å². The molecule has 0 bridgehead atoms. The molecule has 2 heterocycles. The number of halogens is 1. The van der Waals surface area contributed by atoms with Gasteiger partial charge >= 0.3 is 0 Å². The van der Waals surface area contributed by atoms with Crippen LogP contribution < -0.4 is 0 Å². The fourth-order valence-corrected chi connectivity index (χ4v) is 2.21. The van der Waals surface area contributed by atoms with Gasteiger partial charge in [-0.3, -0.25) is 9.78 Å². The average molecular weight is 253 g/mol. The first-order valence-electron chi connectivity index (χ1n) is 5.88. The number of amides is 1. The third kappa shape index (κ3) is 2.78. The summed E-state index contributed by atoms with van der Waals surface area (Å²) >= 11 is 6.01. The smallest absolute Gasteiger partial charge is 0.256 e. The van der Waals surface area contributed by atoms with Crippen molar-refractivity contribution in [1.29, 1.82) is 0 Å². The Labute approximate surface area is 107 Å². The lowest BCUT2D eigenvalue weighted by molar-refractivity contribution is 0.0630. The number of likely N-dealkylation sites (tertiary alicyclic amines) is 1. The summed E-state index contributed by atoms with van der Waals surface area (Å²) in [7, 11) is 0. The van der Waals surface area contributed by atoms with E-state index in [1.54, 1.807) is 18.5 Å². The fraction of sp³-hybridized carbons (Fsp3) is 0.538. The second kappa shape index (κ2) is 4.65. The van der Waals surface area contributed by atoms with Crippen LogP contribution in [-0.4, -0.2) is 28.9 Å². The Bertz CT molecular complexity index is 421. The zero-order chi connectivity index (χ0) is 12.5. The summed E-state index contributed by atoms with van der Waals surface area (Å²) in [6.45, 7) is 6.09. The Hall–Kier alpha value is -1.09. The Kier molecular flexibility index (Phi) is 3.38. The van der Waals surface area contributed by atoms with Crippen molar-refractivity contribution in [3.8, 4) is 0 Å². The molecule has 0 radical (unpaired) electrons. The van der Waals surface area contributed by atoms with Crippen molar-refractivity contribution in [2.45, 2.75) is 26.7 Å². The third-order valence-electron chi connectivity index (χ3n) is 3.40. The molecule has 4 heteroatoms. The summed E-state index contributed by atoms with van der Waals surface area (Å²) in [6.07, 6.45) is 5.22. The van der Waals surface area contributed by atoms with Crippen molar-refractivity contribution in [3.05, 3.63) is 29.0 Å². The molecule has 92 valence electrons. The molecule has 0 unspecified atom stereocenters. The van der Waals surface area contributed by atoms with Gasteiger partial charge in [0.2, 0.25) is 0 Å². The van der Waals surface area contributed by atoms with E-state index in [-0.39, 0.29) is 5.91 Å². The lowest BCUT2D eigenvalue weighted by Gasteiger charge is -2.37. The maximum Gasteiger partial charge on any atom is 0.256 e. The van der Waals surface area contributed by atoms with Gasteiger partial charge in [0.05, 0.1) is 10.6 Å². The van der Waals surface area contributed by atoms with E-state index in [0.29, 0.717) is 16.0 Å². The molecule has 17 heavy (non-hydrogen) atoms. The molecule has 0 N–H and O–H groups in total. The summed E-state index contributed by atoms with van der Waals surface area (Å²) in [5.74, 6) is -0.00130. The number of pyridine rings is 1. The van der Waals surface area contributed by atoms with Gasteiger partial charge in [-0.25, -0.2) is 0 Å². The third-order valence-corrected chi connectivity index (χ3v) is 3.73. The molecule has 0 aromatic carbocycles. The van der Waals surface area contributed by atoms with Crippen molar-refractivity contribution < 1.29 is 4.79 Å². The van der Waals surface area contributed by atoms with Crippen LogP contribution in [0.3, 0.4) is 0 Å². The highest BCUT2D eigenvalue weighted by atomic mass is 35.5. The number of hydrogen-bond donors (Lipinski definition) is 0. The molecule has 1 aliphatic rings. The van der Waals surface area contributed by atoms with Gasteiger partial charge < -0.3 is 4.90 Å². The molecule has 1 aromatic heterocycles. The van der Waals surface area contributed by atoms with E-state index in [4.69, 9.17) is 11.6 Å². The summed E-state index contributed by atoms with van der Waals surface area (Å²) in [4.78, 5) is 18.1. The quantitative estimate of drug-likeness (QED) is 0.770. The summed E-state index contributed by atoms with van der Waals surface area (Å²) < 4.78 is 0. The summed E-state index contributed by atoms with van der Waals surface area (Å²) in [6, 6.07) is 1.66. The second-order valence-corrected chi connectivity index (χ2v) is 5.72. The van der Waals surface area contributed by atoms with Crippen LogP contribution in [0.15, 0.2) is 18.5 Å². The highest BCUT2D eigenvalue weighted by Gasteiger charge is 2.28. The first-order chi connectivity index (χ1) is 7.99. The maximum absolute atomic E-state index is 12.2. The Morgan fingerprint density at radius 2 is 2.06 bits per heavy atom. The predicted octanol–water partition coefficient (Wildman–Crippen LogP) is 3.00. The highest BCUT2D eigenvalue weighted by Crippen LogP contribution is 2.30. The number of carbonyl (C=O) groups is 1. The van der Waals surface area contributed by atoms with Gasteiger partial charge in [0.15, 0.2) is 0 Å². The topological polar surface area (TPSA) is 33.2 Å². The number of carbonyl (C=O) groups excluding carboxylic acids is 1. The molecule has 0 aliphatic carbocycles. The monoisotopic (exact) mass is 252 g/mol. The van der Waals surface area contributed by atoms with Crippen LogP contribution in [0.2, 0.25) is 5.02 Å². The molecule has 0 spiro atoms. The Morgan fingerprint density at radius 3 is 2.65 bits per heavy atom. The SMILES string of the molecule is CC1(C)CCN(C(=O)c2cnccc2Cl)CC1. The molecule has 1 saturated heterocycles. The average Bonchev–Trinajstić information content (AvgIpc) is 2.29. The zero-order valence-electron chi connectivity index (χ0n) is 10.2. The molecule has 0 saturated carbocycles. The highest BCUT2D eigenvalue weighted by molar-refractivity contribution is 6.33. The van der Waals surface area contributed by atoms with Crippen LogP contribution in [-0.2, 0) is 0 Å². The molecule has 1 amide bonds. The fourth-order valence-electron chi connectivity index (χ4n) is 2.02. The van der Waals surface area contributed by atoms with Crippen LogP contribution in [0, 0.1) is 5.41 Å². The van der Waals surface area contributed by atoms with Crippen molar-refractivity contribution in [2.24, 2.45) is 5.41 Å². The normalized spacial score (nSPS) is 19.1. The minimum atomic E-state index is -0.00130. The molecular weight excluding hydrogens is 236 g/mol. The summed E-state index contributed by atoms with van der Waals surface area (Å²) in [5, 5.41) is 0.481. The maximum atomic E-state index is 12.2. The first-order valence-corrected chi connectivity index (χ1v) is 6.26. The lowest BCUT2D eigenvalue weighted by atomic mass is 9.82. The van der Waals surface area contributed by atoms with Crippen molar-refractivity contribution >= 4 is 17.5 Å². The Balaban J connectivity index is 2.10. The van der Waals surface area contributed by atoms with E-state index in [1.807, 2.05) is 4.90 Å². The van der Waals surface area contributed by atoms with E-state index in [1.165, 1.54) is 0 Å². The van der Waals surface area contributed by atoms with E-state index >= 15 is 0 Å². The van der Waals surface area contributed by atoms with Crippen LogP contribution >= 0.6 is 11.6 Å². The van der Waals surface area contributed by atoms with Crippen molar-refractivity contribution in [2.75, 3.05) is 13.1 Å². The van der Waals surface area contributed by atoms with Crippen LogP contribution in [0.4, 0.5) is 0 Å². The van der Waals surface area contributed by atoms with Gasteiger partial charge in [-0.2, -0.15) is 0 Å². The van der Waals surface area contributed by atoms with Gasteiger partial charge in [-0.05, 0) is 24.3 Å². The number of nitrogens with zero attached hydrogens (tertiary/aromatic N) is 2. The number of rotatable bonds is 1. The van der Waals surface area contributed by atoms with Gasteiger partial charge in [0.1, 0.15) is 0 Å². The van der Waals surface area contributed by atoms with E-state index in [9.17, 15) is 4.79 Å². The van der Waals surface area contributed by atoms with E-state index in [2.05, 4.69) is 18.8 Å². The molecule has 2 rings (SSSR count). The molecular formula is C13H17ClN2O. The number of piperidine rings is 1. The zero-order valence-corrected chi connectivity index (χ0v) is 11.0. The van der Waals surface area contributed by atoms with E-state index < -0.39 is 0 Å². The van der Waals surface area contributed by atoms with Gasteiger partial charge in [0, 0.05) is 25.5 Å². The Morgan fingerprint density at radius 1 is 1.41 bits per heavy atom. The van der Waals surface area contributed by atoms with Gasteiger partial charge in [-0.1, -0.05) is 25.4 Å². The van der Waals surface area contributed by atoms with Gasteiger partial charge in [0.25, 0.3) is 5.91 Å². The number of aromatic nitrogens is 1. The second-order valence-electron chi connectivity index (χ2n) is 5.31. The van der Waals surface area contributed by atoms with Crippen molar-refractivity contribution in [1.82, 2.24) is 9.88 Å². The molecule has 1 aliphatic heterocycles. The number of hydrogen-bond acceptors (Lipinski definition) is 2. The van der Waals surface area contributed by atoms with Crippen molar-refractivity contribution in [3.63, 3.8) is 0 Å². The van der Waals surface area contributed by atoms with Crippen LogP contribution in [0.1, 0.15) is 37.0 Å². The molecule has 0 atom stereocenters. The van der Waals surface area contributed by atoms with Gasteiger partial charge in [-0.15, -0.1) is 0 Å². The standard InChI is InChI=1S/C13H17ClN2O/c1-13(2)4-7-16(8-5-13)12(17)10-9-15-6-3-11(10)14/h3,6,9H,4-5,7-8H2,1-2H3. The minimum absolute atomic E-state index is 0.00130. The first kappa shape index (κ1) is 12.4. The largest absolute Gasteiger partial charge is 0.339 e. The predicted molar refractivity (Wildman–Crippen MR) is 68.2 cm³/mol. The van der Waals surface area contributed by atoms with Crippen LogP contribution in [0.25, 0.3) is 0 Å². The van der Waals surface area contributed by atoms with Crippen LogP contribution in [0.5, 0.6) is 0 Å².